The quantitative estimate of drug-likeness (QED) is 0.726. The molecule has 7 heteroatoms. The highest BCUT2D eigenvalue weighted by Crippen LogP contribution is 2.24. The zero-order valence-corrected chi connectivity index (χ0v) is 13.0. The fraction of sp³-hybridized carbons (Fsp3) is 0.500. The van der Waals surface area contributed by atoms with E-state index in [0.29, 0.717) is 12.0 Å². The number of amides is 3. The normalized spacial score (nSPS) is 20.1. The molecule has 1 aliphatic rings. The summed E-state index contributed by atoms with van der Waals surface area (Å²) in [5.74, 6) is -1.82. The van der Waals surface area contributed by atoms with E-state index in [1.165, 1.54) is 0 Å². The molecule has 0 saturated heterocycles. The Labute approximate surface area is 133 Å². The zero-order valence-electron chi connectivity index (χ0n) is 13.0. The molecule has 0 spiro atoms. The van der Waals surface area contributed by atoms with Gasteiger partial charge in [-0.3, -0.25) is 4.79 Å². The number of carbonyl (C=O) groups excluding carboxylic acids is 2. The van der Waals surface area contributed by atoms with E-state index in [0.717, 1.165) is 31.4 Å². The number of rotatable bonds is 5. The van der Waals surface area contributed by atoms with Crippen molar-refractivity contribution in [1.29, 1.82) is 0 Å². The smallest absolute Gasteiger partial charge is 0.315 e. The molecule has 3 N–H and O–H groups in total. The van der Waals surface area contributed by atoms with E-state index in [4.69, 9.17) is 0 Å². The third-order valence-corrected chi connectivity index (χ3v) is 4.05. The molecule has 0 unspecified atom stereocenters. The lowest BCUT2D eigenvalue weighted by atomic mass is 10.1. The minimum Gasteiger partial charge on any atom is -0.350 e. The fourth-order valence-corrected chi connectivity index (χ4v) is 2.70. The average Bonchev–Trinajstić information content (AvgIpc) is 2.88. The molecule has 1 aliphatic carbocycles. The van der Waals surface area contributed by atoms with Gasteiger partial charge in [0.15, 0.2) is 0 Å². The monoisotopic (exact) mass is 325 g/mol. The predicted octanol–water partition coefficient (Wildman–Crippen LogP) is 2.18. The zero-order chi connectivity index (χ0) is 16.8. The van der Waals surface area contributed by atoms with Crippen LogP contribution in [0.1, 0.15) is 36.5 Å². The van der Waals surface area contributed by atoms with Gasteiger partial charge in [0.1, 0.15) is 11.6 Å². The number of benzene rings is 1. The van der Waals surface area contributed by atoms with Gasteiger partial charge in [0, 0.05) is 25.2 Å². The minimum atomic E-state index is -0.913. The Morgan fingerprint density at radius 2 is 1.91 bits per heavy atom. The van der Waals surface area contributed by atoms with Crippen LogP contribution in [0.3, 0.4) is 0 Å². The molecule has 23 heavy (non-hydrogen) atoms. The van der Waals surface area contributed by atoms with Crippen molar-refractivity contribution in [3.8, 4) is 0 Å². The van der Waals surface area contributed by atoms with Crippen molar-refractivity contribution in [2.24, 2.45) is 5.92 Å². The standard InChI is InChI=1S/C16H21F2N3O2/c1-10-3-2-4-14(10)21-16(23)20-8-7-19-15(22)12-6-5-11(17)9-13(12)18/h5-6,9-10,14H,2-4,7-8H2,1H3,(H,19,22)(H2,20,21,23)/t10-,14-/m0/s1. The Morgan fingerprint density at radius 3 is 2.57 bits per heavy atom. The molecule has 2 atom stereocenters. The Hall–Kier alpha value is -2.18. The molecule has 0 bridgehead atoms. The van der Waals surface area contributed by atoms with Crippen molar-refractivity contribution >= 4 is 11.9 Å². The molecule has 0 aromatic heterocycles. The van der Waals surface area contributed by atoms with Crippen LogP contribution in [-0.2, 0) is 0 Å². The van der Waals surface area contributed by atoms with Crippen LogP contribution in [0.5, 0.6) is 0 Å². The molecule has 2 rings (SSSR count). The third-order valence-electron chi connectivity index (χ3n) is 4.05. The van der Waals surface area contributed by atoms with Gasteiger partial charge >= 0.3 is 6.03 Å². The Bertz CT molecular complexity index is 580. The summed E-state index contributed by atoms with van der Waals surface area (Å²) >= 11 is 0. The highest BCUT2D eigenvalue weighted by atomic mass is 19.1. The summed E-state index contributed by atoms with van der Waals surface area (Å²) in [7, 11) is 0. The van der Waals surface area contributed by atoms with E-state index in [9.17, 15) is 18.4 Å². The number of urea groups is 1. The number of carbonyl (C=O) groups is 2. The van der Waals surface area contributed by atoms with Crippen molar-refractivity contribution in [1.82, 2.24) is 16.0 Å². The highest BCUT2D eigenvalue weighted by Gasteiger charge is 2.24. The lowest BCUT2D eigenvalue weighted by molar-refractivity contribution is 0.0949. The van der Waals surface area contributed by atoms with Crippen molar-refractivity contribution in [2.75, 3.05) is 13.1 Å². The predicted molar refractivity (Wildman–Crippen MR) is 82.0 cm³/mol. The van der Waals surface area contributed by atoms with Crippen molar-refractivity contribution in [2.45, 2.75) is 32.2 Å². The van der Waals surface area contributed by atoms with Crippen LogP contribution in [0.2, 0.25) is 0 Å². The summed E-state index contributed by atoms with van der Waals surface area (Å²) in [5.41, 5.74) is -0.226. The van der Waals surface area contributed by atoms with E-state index < -0.39 is 17.5 Å². The summed E-state index contributed by atoms with van der Waals surface area (Å²) in [6.07, 6.45) is 3.21. The van der Waals surface area contributed by atoms with Gasteiger partial charge in [-0.2, -0.15) is 0 Å². The maximum absolute atomic E-state index is 13.4. The highest BCUT2D eigenvalue weighted by molar-refractivity contribution is 5.94. The van der Waals surface area contributed by atoms with Crippen molar-refractivity contribution in [3.63, 3.8) is 0 Å². The first-order valence-corrected chi connectivity index (χ1v) is 7.75. The molecule has 1 fully saturated rings. The van der Waals surface area contributed by atoms with Crippen LogP contribution in [0, 0.1) is 17.6 Å². The molecule has 0 heterocycles. The number of halogens is 2. The molecular formula is C16H21F2N3O2. The second-order valence-corrected chi connectivity index (χ2v) is 5.79. The topological polar surface area (TPSA) is 70.2 Å². The SMILES string of the molecule is C[C@H]1CCC[C@@H]1NC(=O)NCCNC(=O)c1ccc(F)cc1F. The van der Waals surface area contributed by atoms with Gasteiger partial charge in [-0.05, 0) is 30.9 Å². The molecular weight excluding hydrogens is 304 g/mol. The van der Waals surface area contributed by atoms with Gasteiger partial charge in [-0.25, -0.2) is 13.6 Å². The van der Waals surface area contributed by atoms with Gasteiger partial charge in [0.05, 0.1) is 5.56 Å². The number of hydrogen-bond acceptors (Lipinski definition) is 2. The number of nitrogens with one attached hydrogen (secondary N) is 3. The molecule has 126 valence electrons. The second-order valence-electron chi connectivity index (χ2n) is 5.79. The number of hydrogen-bond donors (Lipinski definition) is 3. The largest absolute Gasteiger partial charge is 0.350 e. The molecule has 3 amide bonds. The van der Waals surface area contributed by atoms with Gasteiger partial charge in [0.25, 0.3) is 5.91 Å². The molecule has 0 radical (unpaired) electrons. The maximum Gasteiger partial charge on any atom is 0.315 e. The average molecular weight is 325 g/mol. The lowest BCUT2D eigenvalue weighted by Gasteiger charge is -2.17. The van der Waals surface area contributed by atoms with Crippen LogP contribution < -0.4 is 16.0 Å². The molecule has 1 saturated carbocycles. The first kappa shape index (κ1) is 17.2. The first-order chi connectivity index (χ1) is 11.0. The van der Waals surface area contributed by atoms with E-state index in [1.807, 2.05) is 0 Å². The molecule has 1 aromatic carbocycles. The van der Waals surface area contributed by atoms with Crippen LogP contribution in [0.15, 0.2) is 18.2 Å². The van der Waals surface area contributed by atoms with E-state index in [2.05, 4.69) is 22.9 Å². The summed E-state index contributed by atoms with van der Waals surface area (Å²) in [5, 5.41) is 8.01. The van der Waals surface area contributed by atoms with Gasteiger partial charge < -0.3 is 16.0 Å². The molecule has 5 nitrogen and oxygen atoms in total. The molecule has 0 aliphatic heterocycles. The minimum absolute atomic E-state index is 0.156. The fourth-order valence-electron chi connectivity index (χ4n) is 2.70. The molecule has 1 aromatic rings. The van der Waals surface area contributed by atoms with Crippen LogP contribution in [-0.4, -0.2) is 31.1 Å². The third kappa shape index (κ3) is 4.91. The summed E-state index contributed by atoms with van der Waals surface area (Å²) in [4.78, 5) is 23.5. The van der Waals surface area contributed by atoms with Crippen molar-refractivity contribution in [3.05, 3.63) is 35.4 Å². The first-order valence-electron chi connectivity index (χ1n) is 7.75. The maximum atomic E-state index is 13.4. The van der Waals surface area contributed by atoms with E-state index in [-0.39, 0.29) is 30.7 Å². The van der Waals surface area contributed by atoms with Crippen molar-refractivity contribution < 1.29 is 18.4 Å². The second kappa shape index (κ2) is 7.89. The lowest BCUT2D eigenvalue weighted by Crippen LogP contribution is -2.45. The van der Waals surface area contributed by atoms with E-state index >= 15 is 0 Å². The summed E-state index contributed by atoms with van der Waals surface area (Å²) in [6.45, 7) is 2.49. The van der Waals surface area contributed by atoms with Gasteiger partial charge in [-0.15, -0.1) is 0 Å². The summed E-state index contributed by atoms with van der Waals surface area (Å²) < 4.78 is 26.2. The Morgan fingerprint density at radius 1 is 1.17 bits per heavy atom. The van der Waals surface area contributed by atoms with E-state index in [1.54, 1.807) is 0 Å². The van der Waals surface area contributed by atoms with Crippen LogP contribution in [0.25, 0.3) is 0 Å². The Kier molecular flexibility index (Phi) is 5.90. The summed E-state index contributed by atoms with van der Waals surface area (Å²) in [6, 6.07) is 2.68. The van der Waals surface area contributed by atoms with Crippen LogP contribution >= 0.6 is 0 Å². The Balaban J connectivity index is 1.68. The van der Waals surface area contributed by atoms with Gasteiger partial charge in [0.2, 0.25) is 0 Å². The van der Waals surface area contributed by atoms with Gasteiger partial charge in [-0.1, -0.05) is 13.3 Å². The van der Waals surface area contributed by atoms with Crippen LogP contribution in [0.4, 0.5) is 13.6 Å².